The summed E-state index contributed by atoms with van der Waals surface area (Å²) in [5, 5.41) is 11.7. The van der Waals surface area contributed by atoms with Crippen LogP contribution in [-0.4, -0.2) is 82.3 Å². The molecule has 0 saturated heterocycles. The molecule has 2 atom stereocenters. The molecule has 0 aliphatic heterocycles. The van der Waals surface area contributed by atoms with Crippen molar-refractivity contribution in [3.63, 3.8) is 0 Å². The lowest BCUT2D eigenvalue weighted by atomic mass is 10.1. The summed E-state index contributed by atoms with van der Waals surface area (Å²) < 4.78 is 22.5. The van der Waals surface area contributed by atoms with Crippen molar-refractivity contribution >= 4 is 17.9 Å². The Kier molecular flexibility index (Phi) is 39.1. The second-order valence-corrected chi connectivity index (χ2v) is 16.7. The zero-order valence-electron chi connectivity index (χ0n) is 37.9. The van der Waals surface area contributed by atoms with Crippen LogP contribution in [0.15, 0.2) is 48.6 Å². The zero-order valence-corrected chi connectivity index (χ0v) is 37.9. The Hall–Kier alpha value is -2.75. The quantitative estimate of drug-likeness (QED) is 0.0197. The zero-order chi connectivity index (χ0) is 42.8. The van der Waals surface area contributed by atoms with Crippen LogP contribution in [0.2, 0.25) is 0 Å². The van der Waals surface area contributed by atoms with Gasteiger partial charge in [-0.05, 0) is 70.6 Å². The van der Waals surface area contributed by atoms with Crippen LogP contribution in [0.1, 0.15) is 187 Å². The molecule has 0 N–H and O–H groups in total. The molecule has 9 nitrogen and oxygen atoms in total. The number of quaternary nitrogens is 1. The number of carboxylic acids is 1. The summed E-state index contributed by atoms with van der Waals surface area (Å²) in [4.78, 5) is 37.0. The number of nitrogens with zero attached hydrogens (tertiary/aromatic N) is 1. The van der Waals surface area contributed by atoms with Crippen LogP contribution in [0.25, 0.3) is 0 Å². The van der Waals surface area contributed by atoms with Crippen LogP contribution < -0.4 is 5.11 Å². The van der Waals surface area contributed by atoms with Gasteiger partial charge in [0.1, 0.15) is 13.2 Å². The van der Waals surface area contributed by atoms with Crippen LogP contribution in [-0.2, 0) is 33.3 Å². The SMILES string of the molecule is CC/C=C\C/C=C\C/C=C\CCCCCCCC(=O)OC(COC(=O)CCCCCCCCC/C=C\CCCCCCCCC)COC(OCC[N+](C)(C)C)C(=O)[O-]. The third-order valence-electron chi connectivity index (χ3n) is 9.81. The highest BCUT2D eigenvalue weighted by molar-refractivity contribution is 5.70. The Labute approximate surface area is 355 Å². The molecule has 2 unspecified atom stereocenters. The summed E-state index contributed by atoms with van der Waals surface area (Å²) in [6, 6.07) is 0. The van der Waals surface area contributed by atoms with Gasteiger partial charge in [0, 0.05) is 12.8 Å². The summed E-state index contributed by atoms with van der Waals surface area (Å²) >= 11 is 0. The van der Waals surface area contributed by atoms with Gasteiger partial charge < -0.3 is 33.3 Å². The number of hydrogen-bond acceptors (Lipinski definition) is 8. The first-order valence-electron chi connectivity index (χ1n) is 23.3. The molecule has 0 aromatic heterocycles. The van der Waals surface area contributed by atoms with Crippen molar-refractivity contribution in [2.24, 2.45) is 0 Å². The number of carboxylic acid groups (broad SMARTS) is 1. The Morgan fingerprint density at radius 1 is 0.534 bits per heavy atom. The van der Waals surface area contributed by atoms with Crippen molar-refractivity contribution in [1.82, 2.24) is 0 Å². The molecule has 58 heavy (non-hydrogen) atoms. The first-order chi connectivity index (χ1) is 28.1. The summed E-state index contributed by atoms with van der Waals surface area (Å²) in [7, 11) is 5.90. The monoisotopic (exact) mass is 818 g/mol. The summed E-state index contributed by atoms with van der Waals surface area (Å²) in [6.45, 7) is 4.60. The average Bonchev–Trinajstić information content (AvgIpc) is 3.18. The van der Waals surface area contributed by atoms with Crippen molar-refractivity contribution in [2.45, 2.75) is 200 Å². The van der Waals surface area contributed by atoms with Crippen molar-refractivity contribution in [1.29, 1.82) is 0 Å². The molecule has 0 amide bonds. The predicted octanol–water partition coefficient (Wildman–Crippen LogP) is 11.1. The summed E-state index contributed by atoms with van der Waals surface area (Å²) in [5.74, 6) is -2.32. The van der Waals surface area contributed by atoms with Gasteiger partial charge >= 0.3 is 11.9 Å². The molecular formula is C49H87NO8. The molecule has 0 bridgehead atoms. The van der Waals surface area contributed by atoms with Crippen LogP contribution in [0.4, 0.5) is 0 Å². The average molecular weight is 818 g/mol. The van der Waals surface area contributed by atoms with Gasteiger partial charge in [-0.15, -0.1) is 0 Å². The van der Waals surface area contributed by atoms with E-state index in [0.717, 1.165) is 83.5 Å². The van der Waals surface area contributed by atoms with E-state index in [0.29, 0.717) is 17.4 Å². The smallest absolute Gasteiger partial charge is 0.306 e. The maximum atomic E-state index is 12.7. The highest BCUT2D eigenvalue weighted by Gasteiger charge is 2.21. The predicted molar refractivity (Wildman–Crippen MR) is 237 cm³/mol. The number of esters is 2. The van der Waals surface area contributed by atoms with E-state index < -0.39 is 24.3 Å². The van der Waals surface area contributed by atoms with E-state index >= 15 is 0 Å². The lowest BCUT2D eigenvalue weighted by Gasteiger charge is -2.26. The highest BCUT2D eigenvalue weighted by atomic mass is 16.7. The van der Waals surface area contributed by atoms with E-state index in [1.807, 2.05) is 21.1 Å². The standard InChI is InChI=1S/C49H87NO8/c1-6-8-10-12-14-16-18-20-22-23-24-26-27-29-31-33-35-37-39-46(51)56-43-45(44-57-49(48(53)54)55-42-41-50(3,4)5)58-47(52)40-38-36-34-32-30-28-25-21-19-17-15-13-11-9-7-2/h9,11,15,17,21-23,25,45,49H,6-8,10,12-14,16,18-20,24,26-44H2,1-5H3/b11-9-,17-15-,23-22-,25-21-. The molecule has 0 heterocycles. The van der Waals surface area contributed by atoms with Gasteiger partial charge in [0.2, 0.25) is 0 Å². The minimum absolute atomic E-state index is 0.142. The minimum atomic E-state index is -1.63. The van der Waals surface area contributed by atoms with Gasteiger partial charge in [-0.25, -0.2) is 0 Å². The first kappa shape index (κ1) is 55.2. The molecule has 0 fully saturated rings. The Bertz CT molecular complexity index is 1090. The first-order valence-corrected chi connectivity index (χ1v) is 23.3. The van der Waals surface area contributed by atoms with Crippen molar-refractivity contribution in [2.75, 3.05) is 47.5 Å². The molecule has 0 aliphatic carbocycles. The topological polar surface area (TPSA) is 111 Å². The molecule has 0 rings (SSSR count). The minimum Gasteiger partial charge on any atom is -0.545 e. The van der Waals surface area contributed by atoms with Gasteiger partial charge in [-0.2, -0.15) is 0 Å². The second kappa shape index (κ2) is 41.0. The largest absolute Gasteiger partial charge is 0.545 e. The van der Waals surface area contributed by atoms with Crippen molar-refractivity contribution in [3.8, 4) is 0 Å². The van der Waals surface area contributed by atoms with E-state index in [2.05, 4.69) is 62.5 Å². The number of carbonyl (C=O) groups is 3. The van der Waals surface area contributed by atoms with Gasteiger partial charge in [-0.1, -0.05) is 152 Å². The Morgan fingerprint density at radius 3 is 1.48 bits per heavy atom. The van der Waals surface area contributed by atoms with Crippen LogP contribution in [0.5, 0.6) is 0 Å². The number of hydrogen-bond donors (Lipinski definition) is 0. The fraction of sp³-hybridized carbons (Fsp3) is 0.776. The summed E-state index contributed by atoms with van der Waals surface area (Å²) in [5.41, 5.74) is 0. The van der Waals surface area contributed by atoms with Gasteiger partial charge in [0.25, 0.3) is 0 Å². The van der Waals surface area contributed by atoms with Crippen molar-refractivity contribution < 1.29 is 42.9 Å². The van der Waals surface area contributed by atoms with Crippen LogP contribution >= 0.6 is 0 Å². The number of carbonyl (C=O) groups excluding carboxylic acids is 3. The third-order valence-corrected chi connectivity index (χ3v) is 9.81. The number of aliphatic carboxylic acids is 1. The van der Waals surface area contributed by atoms with E-state index in [4.69, 9.17) is 18.9 Å². The maximum Gasteiger partial charge on any atom is 0.306 e. The second-order valence-electron chi connectivity index (χ2n) is 16.7. The van der Waals surface area contributed by atoms with E-state index in [1.165, 1.54) is 70.6 Å². The molecular weight excluding hydrogens is 731 g/mol. The molecule has 0 aromatic carbocycles. The van der Waals surface area contributed by atoms with Crippen molar-refractivity contribution in [3.05, 3.63) is 48.6 Å². The number of unbranched alkanes of at least 4 members (excludes halogenated alkanes) is 19. The summed E-state index contributed by atoms with van der Waals surface area (Å²) in [6.07, 6.45) is 44.2. The Balaban J connectivity index is 4.43. The maximum absolute atomic E-state index is 12.7. The fourth-order valence-corrected chi connectivity index (χ4v) is 6.19. The molecule has 0 aliphatic rings. The Morgan fingerprint density at radius 2 is 0.983 bits per heavy atom. The van der Waals surface area contributed by atoms with E-state index in [-0.39, 0.29) is 38.6 Å². The van der Waals surface area contributed by atoms with E-state index in [9.17, 15) is 19.5 Å². The molecule has 0 aromatic rings. The van der Waals surface area contributed by atoms with Crippen LogP contribution in [0.3, 0.4) is 0 Å². The molecule has 336 valence electrons. The van der Waals surface area contributed by atoms with Gasteiger partial charge in [-0.3, -0.25) is 9.59 Å². The highest BCUT2D eigenvalue weighted by Crippen LogP contribution is 2.14. The molecule has 0 spiro atoms. The van der Waals surface area contributed by atoms with Crippen LogP contribution in [0, 0.1) is 0 Å². The number of ether oxygens (including phenoxy) is 4. The number of likely N-dealkylation sites (N-methyl/N-ethyl adjacent to an activating group) is 1. The lowest BCUT2D eigenvalue weighted by molar-refractivity contribution is -0.870. The van der Waals surface area contributed by atoms with Gasteiger partial charge in [0.05, 0.1) is 40.3 Å². The lowest BCUT2D eigenvalue weighted by Crippen LogP contribution is -2.44. The number of rotatable bonds is 42. The molecule has 0 saturated carbocycles. The third kappa shape index (κ3) is 41.4. The normalized spacial score (nSPS) is 13.3. The fourth-order valence-electron chi connectivity index (χ4n) is 6.19. The van der Waals surface area contributed by atoms with E-state index in [1.54, 1.807) is 0 Å². The number of allylic oxidation sites excluding steroid dienone is 8. The molecule has 9 heteroatoms. The molecule has 0 radical (unpaired) electrons. The van der Waals surface area contributed by atoms with Gasteiger partial charge in [0.15, 0.2) is 12.4 Å².